The number of halogens is 2. The topological polar surface area (TPSA) is 98.7 Å². The first-order valence-electron chi connectivity index (χ1n) is 9.25. The smallest absolute Gasteiger partial charge is 0.296 e. The molecule has 8 nitrogen and oxygen atoms in total. The van der Waals surface area contributed by atoms with Gasteiger partial charge in [-0.15, -0.1) is 10.2 Å². The molecular weight excluding hydrogens is 426 g/mol. The number of anilines is 1. The number of rotatable bonds is 7. The van der Waals surface area contributed by atoms with E-state index in [1.165, 1.54) is 6.07 Å². The summed E-state index contributed by atoms with van der Waals surface area (Å²) in [7, 11) is 0. The lowest BCUT2D eigenvalue weighted by molar-refractivity contribution is -0.113. The molecule has 0 bridgehead atoms. The monoisotopic (exact) mass is 442 g/mol. The molecule has 0 aliphatic rings. The van der Waals surface area contributed by atoms with Crippen molar-refractivity contribution in [3.8, 4) is 23.1 Å². The molecule has 0 aliphatic heterocycles. The van der Waals surface area contributed by atoms with Crippen molar-refractivity contribution in [3.05, 3.63) is 60.2 Å². The van der Waals surface area contributed by atoms with E-state index in [2.05, 4.69) is 25.7 Å². The van der Waals surface area contributed by atoms with Crippen LogP contribution in [-0.2, 0) is 11.3 Å². The highest BCUT2D eigenvalue weighted by Crippen LogP contribution is 2.25. The zero-order chi connectivity index (χ0) is 21.8. The van der Waals surface area contributed by atoms with Crippen LogP contribution in [-0.4, -0.2) is 36.6 Å². The number of nitrogens with zero attached hydrogens (tertiary/aromatic N) is 5. The number of aromatic nitrogens is 5. The Morgan fingerprint density at radius 1 is 1.16 bits per heavy atom. The number of hydrogen-bond acceptors (Lipinski definition) is 7. The highest BCUT2D eigenvalue weighted by molar-refractivity contribution is 7.99. The van der Waals surface area contributed by atoms with Crippen molar-refractivity contribution >= 4 is 23.4 Å². The Morgan fingerprint density at radius 2 is 1.97 bits per heavy atom. The minimum Gasteiger partial charge on any atom is -0.330 e. The summed E-state index contributed by atoms with van der Waals surface area (Å²) in [5.74, 6) is -1.06. The lowest BCUT2D eigenvalue weighted by atomic mass is 10.2. The summed E-state index contributed by atoms with van der Waals surface area (Å²) >= 11 is 1.12. The molecule has 1 N–H and O–H groups in total. The molecule has 31 heavy (non-hydrogen) atoms. The Labute approximate surface area is 179 Å². The summed E-state index contributed by atoms with van der Waals surface area (Å²) in [5, 5.41) is 15.1. The molecule has 0 radical (unpaired) electrons. The van der Waals surface area contributed by atoms with E-state index in [1.54, 1.807) is 4.57 Å². The Kier molecular flexibility index (Phi) is 6.03. The summed E-state index contributed by atoms with van der Waals surface area (Å²) in [5.41, 5.74) is 0.711. The van der Waals surface area contributed by atoms with E-state index in [-0.39, 0.29) is 17.3 Å². The quantitative estimate of drug-likeness (QED) is 0.432. The maximum absolute atomic E-state index is 13.7. The molecule has 0 atom stereocenters. The Morgan fingerprint density at radius 3 is 2.71 bits per heavy atom. The van der Waals surface area contributed by atoms with Crippen LogP contribution in [0, 0.1) is 11.6 Å². The molecule has 4 rings (SSSR count). The van der Waals surface area contributed by atoms with Crippen LogP contribution in [0.5, 0.6) is 0 Å². The summed E-state index contributed by atoms with van der Waals surface area (Å²) in [4.78, 5) is 16.5. The average Bonchev–Trinajstić information content (AvgIpc) is 3.41. The van der Waals surface area contributed by atoms with Crippen LogP contribution in [0.1, 0.15) is 6.92 Å². The third-order valence-electron chi connectivity index (χ3n) is 4.22. The van der Waals surface area contributed by atoms with E-state index < -0.39 is 17.5 Å². The minimum atomic E-state index is -0.844. The predicted molar refractivity (Wildman–Crippen MR) is 110 cm³/mol. The molecule has 0 unspecified atom stereocenters. The second kappa shape index (κ2) is 9.04. The van der Waals surface area contributed by atoms with Crippen molar-refractivity contribution < 1.29 is 18.1 Å². The van der Waals surface area contributed by atoms with Gasteiger partial charge in [-0.25, -0.2) is 8.78 Å². The van der Waals surface area contributed by atoms with Crippen LogP contribution in [0.3, 0.4) is 0 Å². The van der Waals surface area contributed by atoms with Crippen LogP contribution in [0.4, 0.5) is 14.5 Å². The standard InChI is InChI=1S/C20H16F2N6O2S/c1-2-28-18(19-24-17(27-30-19)12-6-4-3-5-7-12)25-26-20(28)31-11-16(29)23-15-9-8-13(21)10-14(15)22/h3-10H,2,11H2,1H3,(H,23,29). The van der Waals surface area contributed by atoms with Gasteiger partial charge in [0.25, 0.3) is 5.89 Å². The van der Waals surface area contributed by atoms with Gasteiger partial charge in [0.05, 0.1) is 11.4 Å². The maximum Gasteiger partial charge on any atom is 0.296 e. The molecule has 2 heterocycles. The molecule has 0 saturated heterocycles. The van der Waals surface area contributed by atoms with Crippen LogP contribution in [0.25, 0.3) is 23.1 Å². The van der Waals surface area contributed by atoms with E-state index in [0.29, 0.717) is 29.4 Å². The summed E-state index contributed by atoms with van der Waals surface area (Å²) < 4.78 is 33.8. The van der Waals surface area contributed by atoms with E-state index in [0.717, 1.165) is 23.4 Å². The first kappa shape index (κ1) is 20.7. The van der Waals surface area contributed by atoms with Gasteiger partial charge in [-0.1, -0.05) is 47.3 Å². The zero-order valence-corrected chi connectivity index (χ0v) is 17.1. The lowest BCUT2D eigenvalue weighted by Gasteiger charge is -2.07. The highest BCUT2D eigenvalue weighted by Gasteiger charge is 2.20. The molecule has 2 aromatic carbocycles. The summed E-state index contributed by atoms with van der Waals surface area (Å²) in [6, 6.07) is 12.3. The molecular formula is C20H16F2N6O2S. The fraction of sp³-hybridized carbons (Fsp3) is 0.150. The molecule has 0 fully saturated rings. The molecule has 11 heteroatoms. The fourth-order valence-electron chi connectivity index (χ4n) is 2.76. The van der Waals surface area contributed by atoms with Crippen molar-refractivity contribution in [2.45, 2.75) is 18.6 Å². The molecule has 0 aliphatic carbocycles. The van der Waals surface area contributed by atoms with Gasteiger partial charge in [-0.2, -0.15) is 4.98 Å². The third kappa shape index (κ3) is 4.61. The zero-order valence-electron chi connectivity index (χ0n) is 16.2. The summed E-state index contributed by atoms with van der Waals surface area (Å²) in [6.07, 6.45) is 0. The van der Waals surface area contributed by atoms with Crippen molar-refractivity contribution in [1.82, 2.24) is 24.9 Å². The van der Waals surface area contributed by atoms with E-state index in [9.17, 15) is 13.6 Å². The second-order valence-corrected chi connectivity index (χ2v) is 7.24. The van der Waals surface area contributed by atoms with Gasteiger partial charge in [-0.05, 0) is 19.1 Å². The first-order valence-corrected chi connectivity index (χ1v) is 10.2. The molecule has 1 amide bonds. The van der Waals surface area contributed by atoms with Crippen LogP contribution < -0.4 is 5.32 Å². The largest absolute Gasteiger partial charge is 0.330 e. The average molecular weight is 442 g/mol. The number of amides is 1. The van der Waals surface area contributed by atoms with Gasteiger partial charge < -0.3 is 9.84 Å². The SMILES string of the molecule is CCn1c(SCC(=O)Nc2ccc(F)cc2F)nnc1-c1nc(-c2ccccc2)no1. The Hall–Kier alpha value is -3.60. The lowest BCUT2D eigenvalue weighted by Crippen LogP contribution is -2.15. The van der Waals surface area contributed by atoms with Crippen molar-refractivity contribution in [2.24, 2.45) is 0 Å². The van der Waals surface area contributed by atoms with E-state index in [4.69, 9.17) is 4.52 Å². The minimum absolute atomic E-state index is 0.0476. The number of nitrogens with one attached hydrogen (secondary N) is 1. The van der Waals surface area contributed by atoms with Crippen molar-refractivity contribution in [3.63, 3.8) is 0 Å². The summed E-state index contributed by atoms with van der Waals surface area (Å²) in [6.45, 7) is 2.39. The number of carbonyl (C=O) groups excluding carboxylic acids is 1. The fourth-order valence-corrected chi connectivity index (χ4v) is 3.57. The van der Waals surface area contributed by atoms with Gasteiger partial charge in [0.1, 0.15) is 11.6 Å². The van der Waals surface area contributed by atoms with Crippen molar-refractivity contribution in [1.29, 1.82) is 0 Å². The second-order valence-electron chi connectivity index (χ2n) is 6.30. The maximum atomic E-state index is 13.7. The van der Waals surface area contributed by atoms with Crippen LogP contribution in [0.15, 0.2) is 58.2 Å². The number of benzene rings is 2. The Bertz CT molecular complexity index is 1210. The normalized spacial score (nSPS) is 10.9. The van der Waals surface area contributed by atoms with Crippen LogP contribution in [0.2, 0.25) is 0 Å². The number of hydrogen-bond donors (Lipinski definition) is 1. The van der Waals surface area contributed by atoms with Gasteiger partial charge in [0, 0.05) is 18.2 Å². The molecule has 158 valence electrons. The van der Waals surface area contributed by atoms with Gasteiger partial charge in [0.2, 0.25) is 17.6 Å². The third-order valence-corrected chi connectivity index (χ3v) is 5.19. The Balaban J connectivity index is 1.46. The number of thioether (sulfide) groups is 1. The van der Waals surface area contributed by atoms with Crippen molar-refractivity contribution in [2.75, 3.05) is 11.1 Å². The molecule has 0 saturated carbocycles. The van der Waals surface area contributed by atoms with Gasteiger partial charge in [0.15, 0.2) is 5.16 Å². The van der Waals surface area contributed by atoms with Gasteiger partial charge >= 0.3 is 0 Å². The first-order chi connectivity index (χ1) is 15.0. The number of carbonyl (C=O) groups is 1. The van der Waals surface area contributed by atoms with E-state index >= 15 is 0 Å². The van der Waals surface area contributed by atoms with E-state index in [1.807, 2.05) is 37.3 Å². The highest BCUT2D eigenvalue weighted by atomic mass is 32.2. The predicted octanol–water partition coefficient (Wildman–Crippen LogP) is 4.02. The van der Waals surface area contributed by atoms with Crippen LogP contribution >= 0.6 is 11.8 Å². The molecule has 0 spiro atoms. The molecule has 4 aromatic rings. The molecule has 2 aromatic heterocycles. The van der Waals surface area contributed by atoms with Gasteiger partial charge in [-0.3, -0.25) is 9.36 Å².